The van der Waals surface area contributed by atoms with Gasteiger partial charge in [0.1, 0.15) is 28.7 Å². The number of aromatic nitrogens is 1. The van der Waals surface area contributed by atoms with Gasteiger partial charge in [0.05, 0.1) is 5.69 Å². The van der Waals surface area contributed by atoms with E-state index in [-0.39, 0.29) is 23.3 Å². The molecule has 9 nitrogen and oxygen atoms in total. The summed E-state index contributed by atoms with van der Waals surface area (Å²) in [5, 5.41) is 9.51. The summed E-state index contributed by atoms with van der Waals surface area (Å²) in [5.41, 5.74) is 7.19. The highest BCUT2D eigenvalue weighted by Gasteiger charge is 2.46. The molecule has 238 valence electrons. The molecule has 0 radical (unpaired) electrons. The summed E-state index contributed by atoms with van der Waals surface area (Å²) in [7, 11) is -4.66. The van der Waals surface area contributed by atoms with Gasteiger partial charge in [-0.15, -0.1) is 0 Å². The number of halogens is 1. The van der Waals surface area contributed by atoms with Crippen LogP contribution in [0, 0.1) is 5.82 Å². The predicted molar refractivity (Wildman–Crippen MR) is 168 cm³/mol. The van der Waals surface area contributed by atoms with Crippen LogP contribution in [0.1, 0.15) is 77.6 Å². The quantitative estimate of drug-likeness (QED) is 0.237. The Labute approximate surface area is 259 Å². The number of aliphatic carboxylic acids is 1. The first-order chi connectivity index (χ1) is 20.4. The molecule has 11 heteroatoms. The Morgan fingerprint density at radius 2 is 1.61 bits per heavy atom. The summed E-state index contributed by atoms with van der Waals surface area (Å²) in [5.74, 6) is -2.51. The molecule has 3 aromatic rings. The standard InChI is InChI=1S/C33H42FN3O6S/c1-7-8-20-32(5,6)24-18-16-23(17-19-24)21-33(35,44(41,42)26-13-10-9-12-25(26)34)27-14-11-15-28(36-27)37(22-29(38)39)30(40)43-31(2,3)4/h9-19H,7-8,20-22,35H2,1-6H3,(H,38,39). The monoisotopic (exact) mass is 627 g/mol. The molecule has 1 unspecified atom stereocenters. The van der Waals surface area contributed by atoms with Gasteiger partial charge in [0.15, 0.2) is 4.87 Å². The number of hydrogen-bond acceptors (Lipinski definition) is 7. The number of carboxylic acids is 1. The number of rotatable bonds is 12. The summed E-state index contributed by atoms with van der Waals surface area (Å²) >= 11 is 0. The Kier molecular flexibility index (Phi) is 10.6. The fraction of sp³-hybridized carbons (Fsp3) is 0.424. The van der Waals surface area contributed by atoms with Crippen LogP contribution in [0.4, 0.5) is 15.0 Å². The molecule has 0 bridgehead atoms. The van der Waals surface area contributed by atoms with Gasteiger partial charge in [-0.2, -0.15) is 0 Å². The Balaban J connectivity index is 2.17. The molecule has 0 saturated carbocycles. The van der Waals surface area contributed by atoms with E-state index in [1.807, 2.05) is 12.1 Å². The molecule has 1 aromatic heterocycles. The summed E-state index contributed by atoms with van der Waals surface area (Å²) in [6.07, 6.45) is 1.82. The average Bonchev–Trinajstić information content (AvgIpc) is 2.94. The van der Waals surface area contributed by atoms with E-state index in [4.69, 9.17) is 10.5 Å². The molecule has 1 atom stereocenters. The lowest BCUT2D eigenvalue weighted by Gasteiger charge is -2.31. The largest absolute Gasteiger partial charge is 0.480 e. The van der Waals surface area contributed by atoms with Crippen molar-refractivity contribution in [1.82, 2.24) is 4.98 Å². The Bertz CT molecular complexity index is 1590. The van der Waals surface area contributed by atoms with Gasteiger partial charge >= 0.3 is 12.1 Å². The van der Waals surface area contributed by atoms with Crippen molar-refractivity contribution in [1.29, 1.82) is 0 Å². The maximum atomic E-state index is 15.0. The van der Waals surface area contributed by atoms with Gasteiger partial charge in [-0.3, -0.25) is 9.69 Å². The third-order valence-electron chi connectivity index (χ3n) is 7.31. The highest BCUT2D eigenvalue weighted by atomic mass is 32.2. The zero-order chi connectivity index (χ0) is 32.9. The number of amides is 1. The summed E-state index contributed by atoms with van der Waals surface area (Å²) < 4.78 is 48.8. The van der Waals surface area contributed by atoms with Gasteiger partial charge in [-0.05, 0) is 68.0 Å². The van der Waals surface area contributed by atoms with Crippen LogP contribution in [0.5, 0.6) is 0 Å². The van der Waals surface area contributed by atoms with Crippen LogP contribution >= 0.6 is 0 Å². The smallest absolute Gasteiger partial charge is 0.416 e. The number of benzene rings is 2. The van der Waals surface area contributed by atoms with Gasteiger partial charge < -0.3 is 15.6 Å². The van der Waals surface area contributed by atoms with Crippen LogP contribution < -0.4 is 10.6 Å². The Morgan fingerprint density at radius 1 is 0.977 bits per heavy atom. The first kappa shape index (κ1) is 34.7. The number of carbonyl (C=O) groups excluding carboxylic acids is 1. The van der Waals surface area contributed by atoms with Gasteiger partial charge in [-0.1, -0.05) is 76.1 Å². The average molecular weight is 628 g/mol. The lowest BCUT2D eigenvalue weighted by Crippen LogP contribution is -2.48. The highest BCUT2D eigenvalue weighted by molar-refractivity contribution is 7.92. The van der Waals surface area contributed by atoms with Crippen molar-refractivity contribution >= 4 is 27.7 Å². The van der Waals surface area contributed by atoms with E-state index in [2.05, 4.69) is 25.8 Å². The normalized spacial score (nSPS) is 13.6. The fourth-order valence-electron chi connectivity index (χ4n) is 4.82. The molecule has 2 aromatic carbocycles. The number of carbonyl (C=O) groups is 2. The molecular weight excluding hydrogens is 585 g/mol. The third kappa shape index (κ3) is 8.00. The van der Waals surface area contributed by atoms with Gasteiger partial charge in [0.2, 0.25) is 9.84 Å². The zero-order valence-corrected chi connectivity index (χ0v) is 26.9. The lowest BCUT2D eigenvalue weighted by atomic mass is 9.80. The predicted octanol–water partition coefficient (Wildman–Crippen LogP) is 6.34. The molecule has 0 aliphatic carbocycles. The van der Waals surface area contributed by atoms with E-state index in [0.29, 0.717) is 5.56 Å². The van der Waals surface area contributed by atoms with E-state index in [1.54, 1.807) is 32.9 Å². The van der Waals surface area contributed by atoms with Crippen molar-refractivity contribution in [3.63, 3.8) is 0 Å². The molecule has 44 heavy (non-hydrogen) atoms. The highest BCUT2D eigenvalue weighted by Crippen LogP contribution is 2.36. The molecule has 0 spiro atoms. The molecule has 3 N–H and O–H groups in total. The zero-order valence-electron chi connectivity index (χ0n) is 26.1. The number of unbranched alkanes of at least 4 members (excludes halogenated alkanes) is 1. The second-order valence-corrected chi connectivity index (χ2v) is 14.7. The maximum absolute atomic E-state index is 15.0. The minimum atomic E-state index is -4.66. The number of hydrogen-bond donors (Lipinski definition) is 2. The Hall–Kier alpha value is -3.83. The second-order valence-electron chi connectivity index (χ2n) is 12.5. The fourth-order valence-corrected chi connectivity index (χ4v) is 6.54. The summed E-state index contributed by atoms with van der Waals surface area (Å²) in [6, 6.07) is 16.5. The van der Waals surface area contributed by atoms with Gasteiger partial charge in [0.25, 0.3) is 0 Å². The first-order valence-corrected chi connectivity index (χ1v) is 16.0. The topological polar surface area (TPSA) is 140 Å². The van der Waals surface area contributed by atoms with Crippen molar-refractivity contribution in [2.45, 2.75) is 88.0 Å². The van der Waals surface area contributed by atoms with Crippen LogP contribution in [-0.4, -0.2) is 42.7 Å². The molecule has 0 fully saturated rings. The summed E-state index contributed by atoms with van der Waals surface area (Å²) in [4.78, 5) is 26.9. The third-order valence-corrected chi connectivity index (χ3v) is 9.54. The minimum absolute atomic E-state index is 0.0985. The van der Waals surface area contributed by atoms with E-state index in [9.17, 15) is 27.5 Å². The SMILES string of the molecule is CCCCC(C)(C)c1ccc(CC(N)(c2cccc(N(CC(=O)O)C(=O)OC(C)(C)C)n2)S(=O)(=O)c2ccccc2F)cc1. The number of nitrogens with zero attached hydrogens (tertiary/aromatic N) is 2. The van der Waals surface area contributed by atoms with Crippen molar-refractivity contribution in [3.8, 4) is 0 Å². The molecule has 1 heterocycles. The molecule has 1 amide bonds. The Morgan fingerprint density at radius 3 is 2.18 bits per heavy atom. The molecule has 3 rings (SSSR count). The number of anilines is 1. The van der Waals surface area contributed by atoms with Crippen LogP contribution in [0.2, 0.25) is 0 Å². The number of sulfone groups is 1. The summed E-state index contributed by atoms with van der Waals surface area (Å²) in [6.45, 7) is 10.5. The first-order valence-electron chi connectivity index (χ1n) is 14.5. The number of nitrogens with two attached hydrogens (primary N) is 1. The van der Waals surface area contributed by atoms with E-state index < -0.39 is 49.6 Å². The van der Waals surface area contributed by atoms with Crippen molar-refractivity contribution in [3.05, 3.63) is 89.4 Å². The molecule has 0 aliphatic heterocycles. The number of ether oxygens (including phenoxy) is 1. The van der Waals surface area contributed by atoms with Gasteiger partial charge in [-0.25, -0.2) is 22.6 Å². The van der Waals surface area contributed by atoms with Crippen molar-refractivity contribution in [2.75, 3.05) is 11.4 Å². The number of carboxylic acid groups (broad SMARTS) is 1. The molecular formula is C33H42FN3O6S. The lowest BCUT2D eigenvalue weighted by molar-refractivity contribution is -0.135. The van der Waals surface area contributed by atoms with E-state index in [1.165, 1.54) is 30.3 Å². The van der Waals surface area contributed by atoms with E-state index in [0.717, 1.165) is 41.9 Å². The molecule has 0 saturated heterocycles. The van der Waals surface area contributed by atoms with Crippen molar-refractivity contribution < 1.29 is 32.2 Å². The second kappa shape index (κ2) is 13.4. The van der Waals surface area contributed by atoms with Crippen LogP contribution in [0.25, 0.3) is 0 Å². The number of pyridine rings is 1. The van der Waals surface area contributed by atoms with Gasteiger partial charge in [0, 0.05) is 6.42 Å². The van der Waals surface area contributed by atoms with Crippen LogP contribution in [0.3, 0.4) is 0 Å². The molecule has 0 aliphatic rings. The maximum Gasteiger partial charge on any atom is 0.416 e. The minimum Gasteiger partial charge on any atom is -0.480 e. The van der Waals surface area contributed by atoms with Crippen LogP contribution in [-0.2, 0) is 36.1 Å². The van der Waals surface area contributed by atoms with Crippen LogP contribution in [0.15, 0.2) is 71.6 Å². The van der Waals surface area contributed by atoms with Crippen molar-refractivity contribution in [2.24, 2.45) is 5.73 Å². The van der Waals surface area contributed by atoms with E-state index >= 15 is 0 Å².